The van der Waals surface area contributed by atoms with E-state index in [1.807, 2.05) is 24.3 Å². The van der Waals surface area contributed by atoms with Crippen LogP contribution in [-0.4, -0.2) is 41.6 Å². The highest BCUT2D eigenvalue weighted by atomic mass is 32.2. The van der Waals surface area contributed by atoms with Gasteiger partial charge in [-0.15, -0.1) is 0 Å². The summed E-state index contributed by atoms with van der Waals surface area (Å²) in [5.41, 5.74) is 2.20. The lowest BCUT2D eigenvalue weighted by atomic mass is 9.99. The van der Waals surface area contributed by atoms with E-state index in [1.54, 1.807) is 0 Å². The molecule has 1 fully saturated rings. The average Bonchev–Trinajstić information content (AvgIpc) is 2.77. The van der Waals surface area contributed by atoms with Crippen LogP contribution >= 0.6 is 0 Å². The molecule has 1 amide bonds. The molecule has 1 aliphatic rings. The third-order valence-corrected chi connectivity index (χ3v) is 6.78. The molecule has 0 unspecified atom stereocenters. The van der Waals surface area contributed by atoms with E-state index < -0.39 is 15.9 Å². The smallest absolute Gasteiger partial charge is 0.254 e. The first kappa shape index (κ1) is 22.1. The van der Waals surface area contributed by atoms with E-state index in [1.165, 1.54) is 50.9 Å². The number of piperidine rings is 1. The number of benzene rings is 2. The molecular formula is C22H29N3O4S. The molecule has 2 aromatic rings. The predicted molar refractivity (Wildman–Crippen MR) is 117 cm³/mol. The summed E-state index contributed by atoms with van der Waals surface area (Å²) in [5, 5.41) is 2.49. The fourth-order valence-corrected chi connectivity index (χ4v) is 4.72. The Bertz CT molecular complexity index is 990. The third kappa shape index (κ3) is 5.12. The van der Waals surface area contributed by atoms with Crippen LogP contribution < -0.4 is 19.7 Å². The zero-order valence-electron chi connectivity index (χ0n) is 17.6. The normalized spacial score (nSPS) is 16.9. The van der Waals surface area contributed by atoms with Crippen molar-refractivity contribution in [2.45, 2.75) is 31.2 Å². The van der Waals surface area contributed by atoms with Gasteiger partial charge in [-0.25, -0.2) is 13.1 Å². The van der Waals surface area contributed by atoms with Gasteiger partial charge in [0, 0.05) is 32.4 Å². The maximum absolute atomic E-state index is 12.7. The van der Waals surface area contributed by atoms with E-state index in [9.17, 15) is 13.2 Å². The summed E-state index contributed by atoms with van der Waals surface area (Å²) in [6.45, 7) is 4.54. The van der Waals surface area contributed by atoms with Gasteiger partial charge in [0.1, 0.15) is 5.75 Å². The molecule has 1 saturated heterocycles. The minimum atomic E-state index is -3.78. The zero-order chi connectivity index (χ0) is 21.7. The highest BCUT2D eigenvalue weighted by molar-refractivity contribution is 7.89. The Balaban J connectivity index is 1.70. The summed E-state index contributed by atoms with van der Waals surface area (Å²) in [7, 11) is -0.867. The molecule has 162 valence electrons. The van der Waals surface area contributed by atoms with Crippen molar-refractivity contribution in [1.82, 2.24) is 10.0 Å². The van der Waals surface area contributed by atoms with E-state index in [4.69, 9.17) is 4.74 Å². The number of amides is 1. The summed E-state index contributed by atoms with van der Waals surface area (Å²) < 4.78 is 33.2. The molecule has 0 saturated carbocycles. The van der Waals surface area contributed by atoms with Crippen molar-refractivity contribution in [2.75, 3.05) is 32.1 Å². The maximum atomic E-state index is 12.7. The predicted octanol–water partition coefficient (Wildman–Crippen LogP) is 2.77. The minimum Gasteiger partial charge on any atom is -0.496 e. The lowest BCUT2D eigenvalue weighted by Crippen LogP contribution is -2.34. The van der Waals surface area contributed by atoms with Gasteiger partial charge >= 0.3 is 0 Å². The van der Waals surface area contributed by atoms with Crippen LogP contribution in [-0.2, 0) is 16.6 Å². The quantitative estimate of drug-likeness (QED) is 0.704. The number of sulfonamides is 1. The molecule has 2 aromatic carbocycles. The Kier molecular flexibility index (Phi) is 6.99. The number of nitrogens with zero attached hydrogens (tertiary/aromatic N) is 1. The molecule has 7 nitrogen and oxygen atoms in total. The van der Waals surface area contributed by atoms with Crippen molar-refractivity contribution in [3.63, 3.8) is 0 Å². The van der Waals surface area contributed by atoms with Crippen LogP contribution in [0.5, 0.6) is 5.75 Å². The van der Waals surface area contributed by atoms with E-state index in [2.05, 4.69) is 21.9 Å². The number of carbonyl (C=O) groups excluding carboxylic acids is 1. The number of rotatable bonds is 7. The van der Waals surface area contributed by atoms with Crippen molar-refractivity contribution < 1.29 is 17.9 Å². The summed E-state index contributed by atoms with van der Waals surface area (Å²) in [6.07, 6.45) is 2.46. The lowest BCUT2D eigenvalue weighted by Gasteiger charge is -2.32. The zero-order valence-corrected chi connectivity index (χ0v) is 18.5. The molecule has 1 atom stereocenters. The largest absolute Gasteiger partial charge is 0.496 e. The highest BCUT2D eigenvalue weighted by Crippen LogP contribution is 2.24. The van der Waals surface area contributed by atoms with Gasteiger partial charge in [-0.05, 0) is 54.7 Å². The highest BCUT2D eigenvalue weighted by Gasteiger charge is 2.20. The number of nitrogens with one attached hydrogen (secondary N) is 2. The molecule has 1 aliphatic heterocycles. The van der Waals surface area contributed by atoms with E-state index in [0.29, 0.717) is 11.7 Å². The fourth-order valence-electron chi connectivity index (χ4n) is 3.68. The number of hydrogen-bond acceptors (Lipinski definition) is 5. The molecule has 3 rings (SSSR count). The summed E-state index contributed by atoms with van der Waals surface area (Å²) in [5.74, 6) is 0.594. The number of methoxy groups -OCH3 is 1. The molecule has 0 aliphatic carbocycles. The molecular weight excluding hydrogens is 402 g/mol. The number of carbonyl (C=O) groups is 1. The van der Waals surface area contributed by atoms with Gasteiger partial charge in [0.2, 0.25) is 10.0 Å². The lowest BCUT2D eigenvalue weighted by molar-refractivity contribution is 0.0960. The van der Waals surface area contributed by atoms with Crippen LogP contribution in [0.4, 0.5) is 5.69 Å². The van der Waals surface area contributed by atoms with Crippen LogP contribution in [0.25, 0.3) is 0 Å². The van der Waals surface area contributed by atoms with Gasteiger partial charge in [-0.2, -0.15) is 0 Å². The van der Waals surface area contributed by atoms with Gasteiger partial charge < -0.3 is 15.0 Å². The van der Waals surface area contributed by atoms with Crippen molar-refractivity contribution in [3.05, 3.63) is 53.6 Å². The second kappa shape index (κ2) is 9.49. The van der Waals surface area contributed by atoms with Crippen LogP contribution in [0.3, 0.4) is 0 Å². The molecule has 8 heteroatoms. The fraction of sp³-hybridized carbons (Fsp3) is 0.409. The summed E-state index contributed by atoms with van der Waals surface area (Å²) >= 11 is 0. The minimum absolute atomic E-state index is 0.0147. The molecule has 30 heavy (non-hydrogen) atoms. The van der Waals surface area contributed by atoms with Crippen molar-refractivity contribution in [1.29, 1.82) is 0 Å². The molecule has 2 N–H and O–H groups in total. The summed E-state index contributed by atoms with van der Waals surface area (Å²) in [4.78, 5) is 14.4. The summed E-state index contributed by atoms with van der Waals surface area (Å²) in [6, 6.07) is 12.2. The van der Waals surface area contributed by atoms with Crippen molar-refractivity contribution in [3.8, 4) is 5.75 Å². The Morgan fingerprint density at radius 1 is 1.20 bits per heavy atom. The van der Waals surface area contributed by atoms with Crippen molar-refractivity contribution >= 4 is 21.6 Å². The first-order valence-corrected chi connectivity index (χ1v) is 11.6. The Labute approximate surface area is 178 Å². The molecule has 0 spiro atoms. The average molecular weight is 432 g/mol. The van der Waals surface area contributed by atoms with Gasteiger partial charge in [-0.1, -0.05) is 19.1 Å². The number of ether oxygens (including phenoxy) is 1. The second-order valence-electron chi connectivity index (χ2n) is 7.63. The van der Waals surface area contributed by atoms with E-state index >= 15 is 0 Å². The SMILES string of the molecule is CNC(=O)c1cc(S(=O)(=O)NCc2ccc(N3CCC[C@@H](C)C3)cc2)ccc1OC. The second-order valence-corrected chi connectivity index (χ2v) is 9.39. The third-order valence-electron chi connectivity index (χ3n) is 5.38. The topological polar surface area (TPSA) is 87.7 Å². The van der Waals surface area contributed by atoms with Crippen LogP contribution in [0.2, 0.25) is 0 Å². The van der Waals surface area contributed by atoms with E-state index in [0.717, 1.165) is 18.7 Å². The van der Waals surface area contributed by atoms with Crippen LogP contribution in [0, 0.1) is 5.92 Å². The first-order valence-electron chi connectivity index (χ1n) is 10.1. The molecule has 1 heterocycles. The number of anilines is 1. The van der Waals surface area contributed by atoms with Gasteiger partial charge in [-0.3, -0.25) is 4.79 Å². The Hall–Kier alpha value is -2.58. The standard InChI is InChI=1S/C22H29N3O4S/c1-16-5-4-12-25(15-16)18-8-6-17(7-9-18)14-24-30(27,28)19-10-11-21(29-3)20(13-19)22(26)23-2/h6-11,13,16,24H,4-5,12,14-15H2,1-3H3,(H,23,26)/t16-/m1/s1. The number of hydrogen-bond donors (Lipinski definition) is 2. The molecule has 0 aromatic heterocycles. The monoisotopic (exact) mass is 431 g/mol. The van der Waals surface area contributed by atoms with Crippen molar-refractivity contribution in [2.24, 2.45) is 5.92 Å². The van der Waals surface area contributed by atoms with Crippen LogP contribution in [0.1, 0.15) is 35.7 Å². The van der Waals surface area contributed by atoms with E-state index in [-0.39, 0.29) is 17.0 Å². The first-order chi connectivity index (χ1) is 14.3. The Morgan fingerprint density at radius 3 is 2.57 bits per heavy atom. The molecule has 0 radical (unpaired) electrons. The maximum Gasteiger partial charge on any atom is 0.254 e. The van der Waals surface area contributed by atoms with Crippen LogP contribution in [0.15, 0.2) is 47.4 Å². The Morgan fingerprint density at radius 2 is 1.93 bits per heavy atom. The van der Waals surface area contributed by atoms with Gasteiger partial charge in [0.25, 0.3) is 5.91 Å². The van der Waals surface area contributed by atoms with Gasteiger partial charge in [0.05, 0.1) is 17.6 Å². The van der Waals surface area contributed by atoms with Gasteiger partial charge in [0.15, 0.2) is 0 Å². The molecule has 0 bridgehead atoms.